The van der Waals surface area contributed by atoms with Crippen molar-refractivity contribution in [3.05, 3.63) is 47.5 Å². The molecule has 1 N–H and O–H groups in total. The summed E-state index contributed by atoms with van der Waals surface area (Å²) in [5, 5.41) is 9.16. The van der Waals surface area contributed by atoms with Gasteiger partial charge in [-0.25, -0.2) is 4.79 Å². The van der Waals surface area contributed by atoms with E-state index >= 15 is 0 Å². The van der Waals surface area contributed by atoms with Gasteiger partial charge in [-0.3, -0.25) is 9.78 Å². The Morgan fingerprint density at radius 3 is 2.67 bits per heavy atom. The molecule has 0 unspecified atom stereocenters. The number of rotatable bonds is 3. The number of aromatic nitrogens is 2. The summed E-state index contributed by atoms with van der Waals surface area (Å²) < 4.78 is 1.47. The van der Waals surface area contributed by atoms with Crippen molar-refractivity contribution in [2.24, 2.45) is 0 Å². The second-order valence-electron chi connectivity index (χ2n) is 3.95. The molecule has 2 rings (SSSR count). The lowest BCUT2D eigenvalue weighted by molar-refractivity contribution is 0.0688. The average molecular weight is 244 g/mol. The Morgan fingerprint density at radius 1 is 1.39 bits per heavy atom. The van der Waals surface area contributed by atoms with E-state index in [1.807, 2.05) is 0 Å². The quantitative estimate of drug-likeness (QED) is 0.839. The highest BCUT2D eigenvalue weighted by Crippen LogP contribution is 2.18. The van der Waals surface area contributed by atoms with E-state index in [1.165, 1.54) is 23.8 Å². The van der Waals surface area contributed by atoms with Gasteiger partial charge in [-0.2, -0.15) is 0 Å². The van der Waals surface area contributed by atoms with E-state index in [-0.39, 0.29) is 11.5 Å². The maximum atomic E-state index is 11.3. The topological polar surface area (TPSA) is 72.2 Å². The minimum atomic E-state index is -1.08. The van der Waals surface area contributed by atoms with E-state index in [2.05, 4.69) is 4.98 Å². The molecule has 2 aromatic rings. The normalized spacial score (nSPS) is 10.3. The Balaban J connectivity index is 2.67. The van der Waals surface area contributed by atoms with Crippen LogP contribution in [0.4, 0.5) is 0 Å². The third-order valence-corrected chi connectivity index (χ3v) is 2.68. The molecule has 0 aliphatic carbocycles. The van der Waals surface area contributed by atoms with Crippen LogP contribution in [0.15, 0.2) is 30.6 Å². The van der Waals surface area contributed by atoms with Crippen LogP contribution >= 0.6 is 0 Å². The summed E-state index contributed by atoms with van der Waals surface area (Å²) in [6.45, 7) is 3.19. The van der Waals surface area contributed by atoms with Gasteiger partial charge in [-0.1, -0.05) is 0 Å². The number of nitrogens with zero attached hydrogens (tertiary/aromatic N) is 2. The molecule has 0 spiro atoms. The molecule has 5 heteroatoms. The van der Waals surface area contributed by atoms with Crippen LogP contribution in [0.2, 0.25) is 0 Å². The molecule has 2 heterocycles. The lowest BCUT2D eigenvalue weighted by Crippen LogP contribution is -2.07. The number of hydrogen-bond donors (Lipinski definition) is 1. The number of aryl methyl sites for hydroxylation is 1. The lowest BCUT2D eigenvalue weighted by atomic mass is 10.2. The van der Waals surface area contributed by atoms with Crippen molar-refractivity contribution in [1.82, 2.24) is 9.55 Å². The van der Waals surface area contributed by atoms with Gasteiger partial charge in [0.15, 0.2) is 5.78 Å². The number of hydrogen-bond acceptors (Lipinski definition) is 3. The van der Waals surface area contributed by atoms with Crippen molar-refractivity contribution < 1.29 is 14.7 Å². The van der Waals surface area contributed by atoms with E-state index in [9.17, 15) is 9.59 Å². The second-order valence-corrected chi connectivity index (χ2v) is 3.95. The van der Waals surface area contributed by atoms with Crippen molar-refractivity contribution in [2.75, 3.05) is 0 Å². The molecule has 5 nitrogen and oxygen atoms in total. The summed E-state index contributed by atoms with van der Waals surface area (Å²) >= 11 is 0. The largest absolute Gasteiger partial charge is 0.477 e. The van der Waals surface area contributed by atoms with Crippen molar-refractivity contribution in [3.63, 3.8) is 0 Å². The van der Waals surface area contributed by atoms with Crippen LogP contribution in [-0.4, -0.2) is 26.4 Å². The summed E-state index contributed by atoms with van der Waals surface area (Å²) in [4.78, 5) is 26.6. The zero-order valence-electron chi connectivity index (χ0n) is 10.0. The maximum absolute atomic E-state index is 11.3. The van der Waals surface area contributed by atoms with E-state index in [0.717, 1.165) is 0 Å². The van der Waals surface area contributed by atoms with Crippen molar-refractivity contribution in [3.8, 4) is 5.69 Å². The number of carboxylic acids is 1. The Kier molecular flexibility index (Phi) is 2.97. The number of aromatic carboxylic acids is 1. The Labute approximate surface area is 104 Å². The summed E-state index contributed by atoms with van der Waals surface area (Å²) in [5.41, 5.74) is 1.78. The maximum Gasteiger partial charge on any atom is 0.352 e. The van der Waals surface area contributed by atoms with Gasteiger partial charge in [0.1, 0.15) is 5.69 Å². The highest BCUT2D eigenvalue weighted by atomic mass is 16.4. The summed E-state index contributed by atoms with van der Waals surface area (Å²) in [6.07, 6.45) is 3.16. The van der Waals surface area contributed by atoms with Crippen molar-refractivity contribution >= 4 is 11.8 Å². The third-order valence-electron chi connectivity index (χ3n) is 2.68. The average Bonchev–Trinajstić information content (AvgIpc) is 2.74. The number of carboxylic acid groups (broad SMARTS) is 1. The van der Waals surface area contributed by atoms with Crippen LogP contribution in [0, 0.1) is 6.92 Å². The molecular formula is C13H12N2O3. The van der Waals surface area contributed by atoms with Crippen LogP contribution < -0.4 is 0 Å². The Hall–Kier alpha value is -2.43. The van der Waals surface area contributed by atoms with Crippen molar-refractivity contribution in [2.45, 2.75) is 13.8 Å². The van der Waals surface area contributed by atoms with Gasteiger partial charge in [0.2, 0.25) is 0 Å². The van der Waals surface area contributed by atoms with E-state index in [4.69, 9.17) is 5.11 Å². The standard InChI is InChI=1S/C13H12N2O3/c1-8-11(4-3-5-14-8)15-7-10(9(2)16)6-12(15)13(17)18/h3-7H,1-2H3,(H,17,18). The predicted octanol–water partition coefficient (Wildman–Crippen LogP) is 2.08. The molecule has 0 atom stereocenters. The number of carbonyl (C=O) groups is 2. The van der Waals surface area contributed by atoms with E-state index in [0.29, 0.717) is 16.9 Å². The van der Waals surface area contributed by atoms with E-state index < -0.39 is 5.97 Å². The summed E-state index contributed by atoms with van der Waals surface area (Å²) in [5.74, 6) is -1.25. The van der Waals surface area contributed by atoms with Gasteiger partial charge in [0.05, 0.1) is 11.4 Å². The summed E-state index contributed by atoms with van der Waals surface area (Å²) in [7, 11) is 0. The van der Waals surface area contributed by atoms with Crippen LogP contribution in [0.3, 0.4) is 0 Å². The highest BCUT2D eigenvalue weighted by molar-refractivity contribution is 5.97. The van der Waals surface area contributed by atoms with Crippen molar-refractivity contribution in [1.29, 1.82) is 0 Å². The first-order valence-electron chi connectivity index (χ1n) is 5.39. The molecule has 0 fully saturated rings. The first kappa shape index (κ1) is 12.0. The molecule has 0 radical (unpaired) electrons. The fourth-order valence-corrected chi connectivity index (χ4v) is 1.75. The molecule has 0 bridgehead atoms. The first-order chi connectivity index (χ1) is 8.50. The van der Waals surface area contributed by atoms with Gasteiger partial charge in [-0.15, -0.1) is 0 Å². The van der Waals surface area contributed by atoms with Gasteiger partial charge < -0.3 is 9.67 Å². The Bertz CT molecular complexity index is 629. The monoisotopic (exact) mass is 244 g/mol. The molecule has 18 heavy (non-hydrogen) atoms. The van der Waals surface area contributed by atoms with Gasteiger partial charge in [0.25, 0.3) is 0 Å². The number of pyridine rings is 1. The molecule has 0 aliphatic rings. The van der Waals surface area contributed by atoms with E-state index in [1.54, 1.807) is 25.3 Å². The molecule has 0 amide bonds. The number of Topliss-reactive ketones (excluding diaryl/α,β-unsaturated/α-hetero) is 1. The smallest absolute Gasteiger partial charge is 0.352 e. The van der Waals surface area contributed by atoms with Crippen LogP contribution in [-0.2, 0) is 0 Å². The molecule has 0 saturated carbocycles. The van der Waals surface area contributed by atoms with Gasteiger partial charge >= 0.3 is 5.97 Å². The minimum absolute atomic E-state index is 0.0521. The zero-order valence-corrected chi connectivity index (χ0v) is 10.0. The first-order valence-corrected chi connectivity index (χ1v) is 5.39. The summed E-state index contributed by atoms with van der Waals surface area (Å²) in [6, 6.07) is 4.86. The van der Waals surface area contributed by atoms with Crippen LogP contribution in [0.1, 0.15) is 33.5 Å². The minimum Gasteiger partial charge on any atom is -0.477 e. The zero-order chi connectivity index (χ0) is 13.3. The number of ketones is 1. The second kappa shape index (κ2) is 4.44. The van der Waals surface area contributed by atoms with Crippen LogP contribution in [0.5, 0.6) is 0 Å². The highest BCUT2D eigenvalue weighted by Gasteiger charge is 2.16. The Morgan fingerprint density at radius 2 is 2.11 bits per heavy atom. The number of carbonyl (C=O) groups excluding carboxylic acids is 1. The van der Waals surface area contributed by atoms with Gasteiger partial charge in [-0.05, 0) is 32.0 Å². The van der Waals surface area contributed by atoms with Gasteiger partial charge in [0, 0.05) is 18.0 Å². The van der Waals surface area contributed by atoms with Crippen LogP contribution in [0.25, 0.3) is 5.69 Å². The molecule has 92 valence electrons. The molecule has 2 aromatic heterocycles. The third kappa shape index (κ3) is 2.02. The lowest BCUT2D eigenvalue weighted by Gasteiger charge is -2.08. The fourth-order valence-electron chi connectivity index (χ4n) is 1.75. The molecule has 0 saturated heterocycles. The molecule has 0 aliphatic heterocycles. The fraction of sp³-hybridized carbons (Fsp3) is 0.154. The molecule has 0 aromatic carbocycles. The predicted molar refractivity (Wildman–Crippen MR) is 65.3 cm³/mol. The SMILES string of the molecule is CC(=O)c1cc(C(=O)O)n(-c2cccnc2C)c1. The molecular weight excluding hydrogens is 232 g/mol.